The maximum Gasteiger partial charge on any atom is 0.434 e. The topological polar surface area (TPSA) is 216 Å². The van der Waals surface area contributed by atoms with Crippen LogP contribution in [0, 0.1) is 43.2 Å². The third kappa shape index (κ3) is 13.9. The smallest absolute Gasteiger partial charge is 0.332 e. The van der Waals surface area contributed by atoms with Crippen LogP contribution in [0.25, 0.3) is 34.2 Å². The second kappa shape index (κ2) is 27.8. The van der Waals surface area contributed by atoms with Crippen LogP contribution in [0.1, 0.15) is 138 Å². The first-order valence-corrected chi connectivity index (χ1v) is 32.1. The Morgan fingerprint density at radius 2 is 0.960 bits per heavy atom. The molecular formula is C71H62F11N15O3. The molecule has 14 heterocycles. The number of aromatic nitrogens is 12. The Labute approximate surface area is 569 Å². The van der Waals surface area contributed by atoms with E-state index in [4.69, 9.17) is 4.11 Å². The summed E-state index contributed by atoms with van der Waals surface area (Å²) in [7, 11) is 0. The minimum absolute atomic E-state index is 0.00551. The number of amides is 3. The lowest BCUT2D eigenvalue weighted by Crippen LogP contribution is -2.37. The predicted octanol–water partition coefficient (Wildman–Crippen LogP) is 13.5. The fraction of sp³-hybridized carbons (Fsp3) is 0.366. The lowest BCUT2D eigenvalue weighted by Gasteiger charge is -2.25. The van der Waals surface area contributed by atoms with Crippen molar-refractivity contribution in [1.29, 1.82) is 0 Å². The van der Waals surface area contributed by atoms with Gasteiger partial charge in [-0.2, -0.15) is 39.5 Å². The zero-order valence-electron chi connectivity index (χ0n) is 56.3. The lowest BCUT2D eigenvalue weighted by atomic mass is 9.85. The molecule has 15 rings (SSSR count). The molecule has 516 valence electrons. The lowest BCUT2D eigenvalue weighted by molar-refractivity contribution is -0.141. The molecule has 6 fully saturated rings. The van der Waals surface area contributed by atoms with Crippen LogP contribution in [0.5, 0.6) is 0 Å². The van der Waals surface area contributed by atoms with Crippen molar-refractivity contribution in [3.05, 3.63) is 215 Å². The highest BCUT2D eigenvalue weighted by Crippen LogP contribution is 2.48. The number of carbonyl (C=O) groups excluding carboxylic acids is 3. The number of nitrogens with zero attached hydrogens (tertiary/aromatic N) is 15. The van der Waals surface area contributed by atoms with Crippen LogP contribution >= 0.6 is 0 Å². The quantitative estimate of drug-likeness (QED) is 0.104. The van der Waals surface area contributed by atoms with E-state index in [1.807, 2.05) is 24.8 Å². The van der Waals surface area contributed by atoms with Crippen molar-refractivity contribution in [1.82, 2.24) is 74.5 Å². The summed E-state index contributed by atoms with van der Waals surface area (Å²) in [5.74, 6) is -3.72. The van der Waals surface area contributed by atoms with Gasteiger partial charge in [0.2, 0.25) is 0 Å². The molecule has 9 unspecified atom stereocenters. The van der Waals surface area contributed by atoms with Crippen LogP contribution in [0.15, 0.2) is 141 Å². The van der Waals surface area contributed by atoms with Crippen LogP contribution in [-0.2, 0) is 37.8 Å². The minimum atomic E-state index is -4.68. The fourth-order valence-electron chi connectivity index (χ4n) is 14.7. The number of rotatable bonds is 12. The van der Waals surface area contributed by atoms with Gasteiger partial charge in [0.05, 0.1) is 51.0 Å². The third-order valence-corrected chi connectivity index (χ3v) is 19.2. The zero-order valence-corrected chi connectivity index (χ0v) is 53.3. The number of hydrogen-bond acceptors (Lipinski definition) is 15. The number of benzene rings is 1. The van der Waals surface area contributed by atoms with Gasteiger partial charge in [-0.15, -0.1) is 0 Å². The van der Waals surface area contributed by atoms with E-state index in [1.165, 1.54) is 41.6 Å². The molecule has 0 N–H and O–H groups in total. The predicted molar refractivity (Wildman–Crippen MR) is 337 cm³/mol. The van der Waals surface area contributed by atoms with Crippen LogP contribution in [0.4, 0.5) is 48.3 Å². The normalized spacial score (nSPS) is 23.6. The molecule has 18 nitrogen and oxygen atoms in total. The van der Waals surface area contributed by atoms with Crippen molar-refractivity contribution < 1.29 is 66.8 Å². The third-order valence-electron chi connectivity index (χ3n) is 19.2. The van der Waals surface area contributed by atoms with Gasteiger partial charge in [-0.3, -0.25) is 39.3 Å². The molecule has 100 heavy (non-hydrogen) atoms. The minimum Gasteiger partial charge on any atom is -0.332 e. The molecule has 3 amide bonds. The van der Waals surface area contributed by atoms with Crippen LogP contribution < -0.4 is 0 Å². The van der Waals surface area contributed by atoms with Gasteiger partial charge >= 0.3 is 18.5 Å². The fourth-order valence-corrected chi connectivity index (χ4v) is 14.7. The second-order valence-electron chi connectivity index (χ2n) is 25.2. The Balaban J connectivity index is 0.000000138. The van der Waals surface area contributed by atoms with Crippen molar-refractivity contribution >= 4 is 17.7 Å². The van der Waals surface area contributed by atoms with E-state index in [1.54, 1.807) is 66.3 Å². The van der Waals surface area contributed by atoms with Gasteiger partial charge < -0.3 is 14.7 Å². The molecule has 6 aliphatic rings. The average Bonchev–Trinajstić information content (AvgIpc) is 1.53. The second-order valence-corrected chi connectivity index (χ2v) is 25.2. The molecule has 0 saturated carbocycles. The van der Waals surface area contributed by atoms with E-state index in [9.17, 15) is 62.7 Å². The maximum atomic E-state index is 14.8. The van der Waals surface area contributed by atoms with Crippen LogP contribution in [0.2, 0.25) is 0 Å². The molecule has 1 aromatic carbocycles. The summed E-state index contributed by atoms with van der Waals surface area (Å²) < 4.78 is 171. The summed E-state index contributed by atoms with van der Waals surface area (Å²) in [6, 6.07) is 13.5. The molecule has 9 atom stereocenters. The van der Waals surface area contributed by atoms with Crippen molar-refractivity contribution in [3.63, 3.8) is 0 Å². The summed E-state index contributed by atoms with van der Waals surface area (Å²) in [6.45, 7) is 3.77. The average molecular weight is 1390 g/mol. The number of pyridine rings is 4. The SMILES string of the molecule is Cc1ccnc(C(=O)N2C3CCC2C(Cc2ccc(C(F)(F)F)cn2)C3)c1-c1ncccn1.Cc1ccnc(C(=O)N2C3CCC2C(Cc2ncc(C(F)(F)F)cc2F)C3)c1-c1ncccn1.[2H]C1([2H])C2CCC(N2C(=O)c2cccc(F)c2-c2ncccn2)C1([2H])Cc1cnc(C(F)(F)F)cn1. The molecular weight excluding hydrogens is 1320 g/mol. The summed E-state index contributed by atoms with van der Waals surface area (Å²) in [4.78, 5) is 95.0. The first-order valence-electron chi connectivity index (χ1n) is 33.6. The molecule has 0 radical (unpaired) electrons. The van der Waals surface area contributed by atoms with Gasteiger partial charge in [0.1, 0.15) is 23.0 Å². The van der Waals surface area contributed by atoms with Gasteiger partial charge in [0, 0.05) is 114 Å². The number of hydrogen-bond donors (Lipinski definition) is 0. The van der Waals surface area contributed by atoms with Crippen molar-refractivity contribution in [3.8, 4) is 34.2 Å². The van der Waals surface area contributed by atoms with E-state index in [2.05, 4.69) is 59.8 Å². The summed E-state index contributed by atoms with van der Waals surface area (Å²) >= 11 is 0. The summed E-state index contributed by atoms with van der Waals surface area (Å²) in [6.07, 6.45) is 5.24. The van der Waals surface area contributed by atoms with Gasteiger partial charge in [-0.25, -0.2) is 43.7 Å². The highest BCUT2D eigenvalue weighted by molar-refractivity contribution is 6.02. The Morgan fingerprint density at radius 3 is 1.46 bits per heavy atom. The number of carbonyl (C=O) groups is 3. The number of alkyl halides is 9. The molecule has 0 aliphatic carbocycles. The van der Waals surface area contributed by atoms with Crippen molar-refractivity contribution in [2.45, 2.75) is 146 Å². The van der Waals surface area contributed by atoms with Gasteiger partial charge in [0.15, 0.2) is 23.2 Å². The maximum absolute atomic E-state index is 14.8. The monoisotopic (exact) mass is 1380 g/mol. The molecule has 6 bridgehead atoms. The van der Waals surface area contributed by atoms with Gasteiger partial charge in [0.25, 0.3) is 17.7 Å². The van der Waals surface area contributed by atoms with Crippen LogP contribution in [0.3, 0.4) is 0 Å². The van der Waals surface area contributed by atoms with Crippen LogP contribution in [-0.4, -0.2) is 128 Å². The Kier molecular flexibility index (Phi) is 17.9. The zero-order chi connectivity index (χ0) is 73.1. The highest BCUT2D eigenvalue weighted by Gasteiger charge is 2.52. The van der Waals surface area contributed by atoms with E-state index >= 15 is 0 Å². The van der Waals surface area contributed by atoms with Crippen molar-refractivity contribution in [2.75, 3.05) is 0 Å². The number of halogens is 11. The molecule has 8 aromatic heterocycles. The molecule has 6 saturated heterocycles. The number of fused-ring (bicyclic) bond motifs is 6. The largest absolute Gasteiger partial charge is 0.434 e. The highest BCUT2D eigenvalue weighted by atomic mass is 19.4. The van der Waals surface area contributed by atoms with E-state index in [0.29, 0.717) is 71.9 Å². The first-order chi connectivity index (χ1) is 49.0. The Hall–Kier alpha value is -10.2. The molecule has 0 spiro atoms. The van der Waals surface area contributed by atoms with Gasteiger partial charge in [-0.1, -0.05) is 6.07 Å². The van der Waals surface area contributed by atoms with E-state index in [-0.39, 0.29) is 101 Å². The Bertz CT molecular complexity index is 4640. The Morgan fingerprint density at radius 1 is 0.460 bits per heavy atom. The van der Waals surface area contributed by atoms with E-state index < -0.39 is 77.2 Å². The summed E-state index contributed by atoms with van der Waals surface area (Å²) in [5.41, 5.74) is 0.871. The standard InChI is InChI=1S/C24H21F4N5O.C24H22F3N5O.C23H19F4N5O/c1-13-5-8-29-21(20(13)22-30-6-2-7-31-22)23(34)33-16-3-4-19(33)14(9-16)10-18-17(25)11-15(12-32-18)24(26,27)28;1-14-7-10-28-21(20(14)22-29-8-2-9-30-22)23(33)32-18-5-6-19(32)15(12-18)11-17-4-3-16(13-31-17)24(25,26)27;24-17-4-1-3-16(20(17)21-28-7-2-8-29-21)22(33)32-15-5-6-18(32)13(10-15)9-14-11-31-19(12-30-14)23(25,26)27/h2,5-8,11-12,14,16,19H,3-4,9-10H2,1H3;2-4,7-10,13,15,18-19H,5-6,11-12H2,1H3;1-4,7-8,11-13,15,18H,5-6,9-10H2/i;;10D2,13D. The van der Waals surface area contributed by atoms with E-state index in [0.717, 1.165) is 61.7 Å². The first kappa shape index (κ1) is 64.5. The summed E-state index contributed by atoms with van der Waals surface area (Å²) in [5, 5.41) is 0. The molecule has 9 aromatic rings. The van der Waals surface area contributed by atoms with Gasteiger partial charge in [-0.05, 0) is 180 Å². The van der Waals surface area contributed by atoms with Crippen molar-refractivity contribution in [2.24, 2.45) is 17.7 Å². The molecule has 6 aliphatic heterocycles. The number of aryl methyl sites for hydroxylation is 2. The molecule has 29 heteroatoms.